The Hall–Kier alpha value is -2.11. The highest BCUT2D eigenvalue weighted by Gasteiger charge is 2.08. The van der Waals surface area contributed by atoms with E-state index in [2.05, 4.69) is 10.3 Å². The Morgan fingerprint density at radius 3 is 2.71 bits per heavy atom. The summed E-state index contributed by atoms with van der Waals surface area (Å²) in [5.74, 6) is -0.423. The molecule has 0 aliphatic carbocycles. The highest BCUT2D eigenvalue weighted by Crippen LogP contribution is 2.08. The van der Waals surface area contributed by atoms with E-state index in [1.165, 1.54) is 6.07 Å². The lowest BCUT2D eigenvalue weighted by Gasteiger charge is -2.06. The molecule has 2 amide bonds. The van der Waals surface area contributed by atoms with Crippen molar-refractivity contribution in [2.24, 2.45) is 5.73 Å². The van der Waals surface area contributed by atoms with Crippen molar-refractivity contribution in [1.82, 2.24) is 10.3 Å². The number of hydrogen-bond donors (Lipinski definition) is 3. The van der Waals surface area contributed by atoms with Gasteiger partial charge in [-0.05, 0) is 18.6 Å². The Bertz CT molecular complexity index is 431. The van der Waals surface area contributed by atoms with Gasteiger partial charge in [-0.3, -0.25) is 9.59 Å². The quantitative estimate of drug-likeness (QED) is 0.659. The fourth-order valence-electron chi connectivity index (χ4n) is 1.32. The maximum Gasteiger partial charge on any atom is 0.251 e. The second kappa shape index (κ2) is 5.83. The third kappa shape index (κ3) is 4.10. The molecular formula is C11H16N4O2. The predicted octanol–water partition coefficient (Wildman–Crippen LogP) is -0.169. The molecule has 0 aliphatic heterocycles. The molecule has 5 N–H and O–H groups in total. The highest BCUT2D eigenvalue weighted by molar-refractivity contribution is 5.95. The molecule has 0 atom stereocenters. The molecule has 1 aromatic rings. The fourth-order valence-corrected chi connectivity index (χ4v) is 1.32. The highest BCUT2D eigenvalue weighted by atomic mass is 16.2. The summed E-state index contributed by atoms with van der Waals surface area (Å²) in [5.41, 5.74) is 11.7. The van der Waals surface area contributed by atoms with E-state index in [-0.39, 0.29) is 18.9 Å². The maximum atomic E-state index is 11.7. The topological polar surface area (TPSA) is 111 Å². The molecule has 0 saturated carbocycles. The van der Waals surface area contributed by atoms with Gasteiger partial charge in [0.2, 0.25) is 5.91 Å². The van der Waals surface area contributed by atoms with Crippen LogP contribution in [0.15, 0.2) is 12.1 Å². The average molecular weight is 236 g/mol. The van der Waals surface area contributed by atoms with Crippen LogP contribution in [0.3, 0.4) is 0 Å². The third-order valence-corrected chi connectivity index (χ3v) is 2.18. The molecule has 0 unspecified atom stereocenters. The minimum Gasteiger partial charge on any atom is -0.384 e. The molecule has 0 aromatic carbocycles. The van der Waals surface area contributed by atoms with Gasteiger partial charge in [-0.2, -0.15) is 0 Å². The van der Waals surface area contributed by atoms with Crippen LogP contribution in [0.25, 0.3) is 0 Å². The van der Waals surface area contributed by atoms with Gasteiger partial charge in [0.15, 0.2) is 0 Å². The maximum absolute atomic E-state index is 11.7. The van der Waals surface area contributed by atoms with Crippen molar-refractivity contribution < 1.29 is 9.59 Å². The molecule has 17 heavy (non-hydrogen) atoms. The zero-order chi connectivity index (χ0) is 12.8. The van der Waals surface area contributed by atoms with Crippen molar-refractivity contribution in [2.45, 2.75) is 19.8 Å². The average Bonchev–Trinajstić information content (AvgIpc) is 2.27. The molecule has 6 nitrogen and oxygen atoms in total. The minimum atomic E-state index is -0.450. The van der Waals surface area contributed by atoms with Gasteiger partial charge in [0, 0.05) is 24.2 Å². The first-order valence-electron chi connectivity index (χ1n) is 5.36. The van der Waals surface area contributed by atoms with Crippen molar-refractivity contribution >= 4 is 17.6 Å². The molecule has 0 spiro atoms. The van der Waals surface area contributed by atoms with Crippen molar-refractivity contribution in [3.8, 4) is 0 Å². The van der Waals surface area contributed by atoms with Crippen LogP contribution in [0, 0.1) is 0 Å². The van der Waals surface area contributed by atoms with E-state index in [9.17, 15) is 9.59 Å². The van der Waals surface area contributed by atoms with Crippen LogP contribution in [0.4, 0.5) is 5.82 Å². The summed E-state index contributed by atoms with van der Waals surface area (Å²) in [6.07, 6.45) is 0.819. The van der Waals surface area contributed by atoms with Crippen LogP contribution in [0.2, 0.25) is 0 Å². The number of aromatic nitrogens is 1. The molecule has 0 fully saturated rings. The summed E-state index contributed by atoms with van der Waals surface area (Å²) < 4.78 is 0. The van der Waals surface area contributed by atoms with Gasteiger partial charge in [0.05, 0.1) is 0 Å². The molecule has 0 radical (unpaired) electrons. The van der Waals surface area contributed by atoms with Crippen LogP contribution in [-0.4, -0.2) is 23.3 Å². The van der Waals surface area contributed by atoms with E-state index in [1.54, 1.807) is 6.07 Å². The first kappa shape index (κ1) is 13.0. The van der Waals surface area contributed by atoms with Gasteiger partial charge in [-0.25, -0.2) is 4.98 Å². The standard InChI is InChI=1S/C11H16N4O2/c1-2-8-5-7(6-9(12)15-8)11(17)14-4-3-10(13)16/h5-6H,2-4H2,1H3,(H2,12,15)(H2,13,16)(H,14,17). The summed E-state index contributed by atoms with van der Waals surface area (Å²) in [6.45, 7) is 2.15. The van der Waals surface area contributed by atoms with Crippen LogP contribution < -0.4 is 16.8 Å². The van der Waals surface area contributed by atoms with Gasteiger partial charge < -0.3 is 16.8 Å². The Morgan fingerprint density at radius 2 is 2.12 bits per heavy atom. The van der Waals surface area contributed by atoms with Crippen LogP contribution in [-0.2, 0) is 11.2 Å². The van der Waals surface area contributed by atoms with E-state index >= 15 is 0 Å². The number of nitrogens with one attached hydrogen (secondary N) is 1. The summed E-state index contributed by atoms with van der Waals surface area (Å²) in [7, 11) is 0. The third-order valence-electron chi connectivity index (χ3n) is 2.18. The lowest BCUT2D eigenvalue weighted by atomic mass is 10.2. The Morgan fingerprint density at radius 1 is 1.41 bits per heavy atom. The first-order valence-corrected chi connectivity index (χ1v) is 5.36. The van der Waals surface area contributed by atoms with E-state index in [1.807, 2.05) is 6.92 Å². The molecule has 1 heterocycles. The lowest BCUT2D eigenvalue weighted by molar-refractivity contribution is -0.117. The van der Waals surface area contributed by atoms with E-state index in [0.717, 1.165) is 5.69 Å². The van der Waals surface area contributed by atoms with Gasteiger partial charge in [0.25, 0.3) is 5.91 Å². The normalized spacial score (nSPS) is 9.94. The number of anilines is 1. The number of primary amides is 1. The van der Waals surface area contributed by atoms with E-state index in [4.69, 9.17) is 11.5 Å². The van der Waals surface area contributed by atoms with Crippen molar-refractivity contribution in [3.05, 3.63) is 23.4 Å². The summed E-state index contributed by atoms with van der Waals surface area (Å²) >= 11 is 0. The van der Waals surface area contributed by atoms with Crippen molar-refractivity contribution in [1.29, 1.82) is 0 Å². The zero-order valence-corrected chi connectivity index (χ0v) is 9.69. The second-order valence-corrected chi connectivity index (χ2v) is 3.60. The molecule has 0 saturated heterocycles. The number of hydrogen-bond acceptors (Lipinski definition) is 4. The van der Waals surface area contributed by atoms with E-state index in [0.29, 0.717) is 17.8 Å². The van der Waals surface area contributed by atoms with Crippen LogP contribution in [0.1, 0.15) is 29.4 Å². The predicted molar refractivity (Wildman–Crippen MR) is 64.2 cm³/mol. The number of carbonyl (C=O) groups excluding carboxylic acids is 2. The summed E-state index contributed by atoms with van der Waals surface area (Å²) in [5, 5.41) is 2.59. The Labute approximate surface area is 99.4 Å². The van der Waals surface area contributed by atoms with Gasteiger partial charge in [-0.1, -0.05) is 6.92 Å². The minimum absolute atomic E-state index is 0.118. The van der Waals surface area contributed by atoms with Crippen molar-refractivity contribution in [3.63, 3.8) is 0 Å². The molecule has 6 heteroatoms. The van der Waals surface area contributed by atoms with Crippen molar-refractivity contribution in [2.75, 3.05) is 12.3 Å². The first-order chi connectivity index (χ1) is 8.02. The van der Waals surface area contributed by atoms with Gasteiger partial charge in [-0.15, -0.1) is 0 Å². The molecule has 0 aliphatic rings. The van der Waals surface area contributed by atoms with Gasteiger partial charge in [0.1, 0.15) is 5.82 Å². The molecule has 1 rings (SSSR count). The number of nitrogens with zero attached hydrogens (tertiary/aromatic N) is 1. The molecule has 1 aromatic heterocycles. The number of aryl methyl sites for hydroxylation is 1. The number of nitrogen functional groups attached to an aromatic ring is 1. The number of carbonyl (C=O) groups is 2. The summed E-state index contributed by atoms with van der Waals surface area (Å²) in [4.78, 5) is 26.3. The Balaban J connectivity index is 2.68. The summed E-state index contributed by atoms with van der Waals surface area (Å²) in [6, 6.07) is 3.18. The number of amides is 2. The fraction of sp³-hybridized carbons (Fsp3) is 0.364. The largest absolute Gasteiger partial charge is 0.384 e. The smallest absolute Gasteiger partial charge is 0.251 e. The molecule has 92 valence electrons. The number of pyridine rings is 1. The Kier molecular flexibility index (Phi) is 4.45. The van der Waals surface area contributed by atoms with Crippen LogP contribution in [0.5, 0.6) is 0 Å². The van der Waals surface area contributed by atoms with E-state index < -0.39 is 5.91 Å². The number of rotatable bonds is 5. The molecular weight excluding hydrogens is 220 g/mol. The van der Waals surface area contributed by atoms with Crippen LogP contribution >= 0.6 is 0 Å². The second-order valence-electron chi connectivity index (χ2n) is 3.60. The monoisotopic (exact) mass is 236 g/mol. The van der Waals surface area contributed by atoms with Gasteiger partial charge >= 0.3 is 0 Å². The lowest BCUT2D eigenvalue weighted by Crippen LogP contribution is -2.28. The zero-order valence-electron chi connectivity index (χ0n) is 9.69. The number of nitrogens with two attached hydrogens (primary N) is 2. The molecule has 0 bridgehead atoms. The SMILES string of the molecule is CCc1cc(C(=O)NCCC(N)=O)cc(N)n1.